The fourth-order valence-electron chi connectivity index (χ4n) is 1.62. The van der Waals surface area contributed by atoms with Crippen molar-refractivity contribution in [2.24, 2.45) is 0 Å². The van der Waals surface area contributed by atoms with Crippen LogP contribution in [0.15, 0.2) is 42.5 Å². The highest BCUT2D eigenvalue weighted by molar-refractivity contribution is 5.84. The average Bonchev–Trinajstić information content (AvgIpc) is 2.39. The molecule has 2 N–H and O–H groups in total. The highest BCUT2D eigenvalue weighted by Gasteiger charge is 2.03. The van der Waals surface area contributed by atoms with Crippen LogP contribution in [0.2, 0.25) is 0 Å². The molecular weight excluding hydrogens is 212 g/mol. The lowest BCUT2D eigenvalue weighted by Crippen LogP contribution is -1.85. The lowest BCUT2D eigenvalue weighted by atomic mass is 10.0. The maximum atomic E-state index is 9.48. The SMILES string of the molecule is N#Cc1cccc(-c2ccc(O)c(C=N)c2)c1. The number of nitriles is 1. The largest absolute Gasteiger partial charge is 0.507 e. The predicted molar refractivity (Wildman–Crippen MR) is 66.1 cm³/mol. The van der Waals surface area contributed by atoms with E-state index < -0.39 is 0 Å². The van der Waals surface area contributed by atoms with E-state index in [2.05, 4.69) is 6.07 Å². The first kappa shape index (κ1) is 10.9. The van der Waals surface area contributed by atoms with Crippen molar-refractivity contribution < 1.29 is 5.11 Å². The molecular formula is C14H10N2O. The van der Waals surface area contributed by atoms with E-state index in [1.54, 1.807) is 30.3 Å². The van der Waals surface area contributed by atoms with Crippen LogP contribution < -0.4 is 0 Å². The van der Waals surface area contributed by atoms with Gasteiger partial charge in [0.15, 0.2) is 0 Å². The summed E-state index contributed by atoms with van der Waals surface area (Å²) < 4.78 is 0. The zero-order valence-electron chi connectivity index (χ0n) is 9.01. The van der Waals surface area contributed by atoms with Gasteiger partial charge in [0.25, 0.3) is 0 Å². The number of hydrogen-bond acceptors (Lipinski definition) is 3. The lowest BCUT2D eigenvalue weighted by Gasteiger charge is -2.04. The molecule has 0 unspecified atom stereocenters. The van der Waals surface area contributed by atoms with Gasteiger partial charge in [-0.2, -0.15) is 5.26 Å². The maximum absolute atomic E-state index is 9.48. The van der Waals surface area contributed by atoms with E-state index >= 15 is 0 Å². The van der Waals surface area contributed by atoms with Gasteiger partial charge in [0.05, 0.1) is 11.6 Å². The molecule has 2 aromatic rings. The minimum absolute atomic E-state index is 0.0835. The summed E-state index contributed by atoms with van der Waals surface area (Å²) in [6.07, 6.45) is 1.10. The van der Waals surface area contributed by atoms with Gasteiger partial charge in [-0.1, -0.05) is 18.2 Å². The van der Waals surface area contributed by atoms with E-state index in [1.165, 1.54) is 0 Å². The third-order valence-corrected chi connectivity index (χ3v) is 2.51. The molecule has 0 fully saturated rings. The summed E-state index contributed by atoms with van der Waals surface area (Å²) in [5, 5.41) is 25.5. The number of benzene rings is 2. The second kappa shape index (κ2) is 4.50. The van der Waals surface area contributed by atoms with Crippen molar-refractivity contribution >= 4 is 6.21 Å². The Morgan fingerprint density at radius 2 is 1.88 bits per heavy atom. The molecule has 3 heteroatoms. The van der Waals surface area contributed by atoms with Crippen LogP contribution >= 0.6 is 0 Å². The van der Waals surface area contributed by atoms with Gasteiger partial charge in [0.1, 0.15) is 5.75 Å². The van der Waals surface area contributed by atoms with E-state index in [0.29, 0.717) is 11.1 Å². The molecule has 2 aromatic carbocycles. The van der Waals surface area contributed by atoms with Crippen molar-refractivity contribution in [1.29, 1.82) is 10.7 Å². The van der Waals surface area contributed by atoms with Crippen LogP contribution in [0.1, 0.15) is 11.1 Å². The molecule has 0 aromatic heterocycles. The molecule has 82 valence electrons. The minimum atomic E-state index is 0.0835. The summed E-state index contributed by atoms with van der Waals surface area (Å²) in [6, 6.07) is 14.3. The fraction of sp³-hybridized carbons (Fsp3) is 0. The Morgan fingerprint density at radius 1 is 1.12 bits per heavy atom. The quantitative estimate of drug-likeness (QED) is 0.767. The first-order chi connectivity index (χ1) is 8.24. The summed E-state index contributed by atoms with van der Waals surface area (Å²) in [7, 11) is 0. The van der Waals surface area contributed by atoms with Crippen molar-refractivity contribution in [3.8, 4) is 22.9 Å². The Bertz CT molecular complexity index is 612. The van der Waals surface area contributed by atoms with Gasteiger partial charge in [0, 0.05) is 11.8 Å². The number of nitrogens with one attached hydrogen (secondary N) is 1. The second-order valence-electron chi connectivity index (χ2n) is 3.61. The van der Waals surface area contributed by atoms with Crippen LogP contribution in [0, 0.1) is 16.7 Å². The Labute approximate surface area is 99.1 Å². The van der Waals surface area contributed by atoms with Crippen LogP contribution in [-0.4, -0.2) is 11.3 Å². The molecule has 0 heterocycles. The van der Waals surface area contributed by atoms with Crippen LogP contribution in [-0.2, 0) is 0 Å². The molecule has 0 radical (unpaired) electrons. The normalized spacial score (nSPS) is 9.59. The van der Waals surface area contributed by atoms with Crippen LogP contribution in [0.25, 0.3) is 11.1 Å². The van der Waals surface area contributed by atoms with Gasteiger partial charge in [-0.3, -0.25) is 0 Å². The smallest absolute Gasteiger partial charge is 0.124 e. The highest BCUT2D eigenvalue weighted by Crippen LogP contribution is 2.25. The van der Waals surface area contributed by atoms with Crippen molar-refractivity contribution in [2.45, 2.75) is 0 Å². The third-order valence-electron chi connectivity index (χ3n) is 2.51. The van der Waals surface area contributed by atoms with E-state index in [1.807, 2.05) is 12.1 Å². The summed E-state index contributed by atoms with van der Waals surface area (Å²) >= 11 is 0. The monoisotopic (exact) mass is 222 g/mol. The molecule has 17 heavy (non-hydrogen) atoms. The molecule has 0 saturated heterocycles. The second-order valence-corrected chi connectivity index (χ2v) is 3.61. The van der Waals surface area contributed by atoms with Crippen molar-refractivity contribution in [3.05, 3.63) is 53.6 Å². The van der Waals surface area contributed by atoms with E-state index in [4.69, 9.17) is 10.7 Å². The van der Waals surface area contributed by atoms with Crippen molar-refractivity contribution in [1.82, 2.24) is 0 Å². The van der Waals surface area contributed by atoms with Gasteiger partial charge < -0.3 is 10.5 Å². The van der Waals surface area contributed by atoms with Crippen molar-refractivity contribution in [2.75, 3.05) is 0 Å². The molecule has 0 aliphatic rings. The third kappa shape index (κ3) is 2.16. The van der Waals surface area contributed by atoms with E-state index in [9.17, 15) is 5.11 Å². The van der Waals surface area contributed by atoms with Crippen LogP contribution in [0.4, 0.5) is 0 Å². The van der Waals surface area contributed by atoms with Crippen LogP contribution in [0.3, 0.4) is 0 Å². The number of nitrogens with zero attached hydrogens (tertiary/aromatic N) is 1. The van der Waals surface area contributed by atoms with Gasteiger partial charge in [-0.05, 0) is 35.4 Å². The summed E-state index contributed by atoms with van der Waals surface area (Å²) in [5.74, 6) is 0.0835. The number of hydrogen-bond donors (Lipinski definition) is 2. The van der Waals surface area contributed by atoms with E-state index in [0.717, 1.165) is 17.3 Å². The van der Waals surface area contributed by atoms with Gasteiger partial charge in [0.2, 0.25) is 0 Å². The molecule has 0 amide bonds. The topological polar surface area (TPSA) is 67.9 Å². The van der Waals surface area contributed by atoms with Crippen molar-refractivity contribution in [3.63, 3.8) is 0 Å². The fourth-order valence-corrected chi connectivity index (χ4v) is 1.62. The molecule has 3 nitrogen and oxygen atoms in total. The Morgan fingerprint density at radius 3 is 2.59 bits per heavy atom. The molecule has 0 atom stereocenters. The first-order valence-electron chi connectivity index (χ1n) is 5.08. The molecule has 0 bridgehead atoms. The maximum Gasteiger partial charge on any atom is 0.124 e. The zero-order valence-corrected chi connectivity index (χ0v) is 9.01. The Kier molecular flexibility index (Phi) is 2.89. The molecule has 0 spiro atoms. The van der Waals surface area contributed by atoms with Gasteiger partial charge in [-0.25, -0.2) is 0 Å². The average molecular weight is 222 g/mol. The number of phenolic OH excluding ortho intramolecular Hbond substituents is 1. The van der Waals surface area contributed by atoms with Gasteiger partial charge >= 0.3 is 0 Å². The molecule has 2 rings (SSSR count). The number of rotatable bonds is 2. The van der Waals surface area contributed by atoms with Crippen LogP contribution in [0.5, 0.6) is 5.75 Å². The lowest BCUT2D eigenvalue weighted by molar-refractivity contribution is 0.474. The summed E-state index contributed by atoms with van der Waals surface area (Å²) in [6.45, 7) is 0. The Balaban J connectivity index is 2.53. The van der Waals surface area contributed by atoms with Gasteiger partial charge in [-0.15, -0.1) is 0 Å². The Hall–Kier alpha value is -2.60. The molecule has 0 aliphatic carbocycles. The number of phenols is 1. The molecule has 0 saturated carbocycles. The summed E-state index contributed by atoms with van der Waals surface area (Å²) in [5.41, 5.74) is 2.82. The minimum Gasteiger partial charge on any atom is -0.507 e. The zero-order chi connectivity index (χ0) is 12.3. The summed E-state index contributed by atoms with van der Waals surface area (Å²) in [4.78, 5) is 0. The number of aromatic hydroxyl groups is 1. The highest BCUT2D eigenvalue weighted by atomic mass is 16.3. The molecule has 0 aliphatic heterocycles. The first-order valence-corrected chi connectivity index (χ1v) is 5.08. The standard InChI is InChI=1S/C14H10N2O/c15-8-10-2-1-3-11(6-10)12-4-5-14(17)13(7-12)9-16/h1-7,9,16-17H. The predicted octanol–water partition coefficient (Wildman–Crippen LogP) is 2.93. The van der Waals surface area contributed by atoms with E-state index in [-0.39, 0.29) is 5.75 Å².